The second kappa shape index (κ2) is 18.8. The molecule has 7 rings (SSSR count). The van der Waals surface area contributed by atoms with E-state index in [1.807, 2.05) is 0 Å². The fourth-order valence-electron chi connectivity index (χ4n) is 10.4. The summed E-state index contributed by atoms with van der Waals surface area (Å²) in [6.45, 7) is 15.3. The maximum absolute atomic E-state index is 4.26. The Labute approximate surface area is 334 Å². The number of hydrogen-bond donors (Lipinski definition) is 0. The van der Waals surface area contributed by atoms with E-state index < -0.39 is 9.95 Å². The van der Waals surface area contributed by atoms with E-state index in [0.717, 1.165) is 13.1 Å². The van der Waals surface area contributed by atoms with Gasteiger partial charge in [0.05, 0.1) is 17.0 Å². The van der Waals surface area contributed by atoms with Crippen molar-refractivity contribution in [2.45, 2.75) is 155 Å². The molecule has 0 unspecified atom stereocenters. The molecule has 0 spiro atoms. The molecule has 286 valence electrons. The van der Waals surface area contributed by atoms with Gasteiger partial charge < -0.3 is 0 Å². The monoisotopic (exact) mass is 937 g/mol. The number of halogens is 2. The van der Waals surface area contributed by atoms with Crippen LogP contribution in [0.2, 0.25) is 0 Å². The Morgan fingerprint density at radius 2 is 0.885 bits per heavy atom. The average molecular weight is 939 g/mol. The van der Waals surface area contributed by atoms with Crippen molar-refractivity contribution in [3.8, 4) is 0 Å². The summed E-state index contributed by atoms with van der Waals surface area (Å²) in [4.78, 5) is 5.13. The van der Waals surface area contributed by atoms with Gasteiger partial charge >= 0.3 is 216 Å². The molecule has 0 bridgehead atoms. The third-order valence-corrected chi connectivity index (χ3v) is 24.9. The molecule has 3 aromatic rings. The molecule has 0 N–H and O–H groups in total. The minimum atomic E-state index is -2.76. The minimum absolute atomic E-state index is 0.0465. The predicted molar refractivity (Wildman–Crippen MR) is 239 cm³/mol. The number of aryl methyl sites for hydroxylation is 6. The first kappa shape index (κ1) is 40.7. The van der Waals surface area contributed by atoms with Crippen LogP contribution in [-0.2, 0) is 9.95 Å². The summed E-state index contributed by atoms with van der Waals surface area (Å²) >= 11 is 8.52. The molecule has 6 heteroatoms. The molecule has 52 heavy (non-hydrogen) atoms. The van der Waals surface area contributed by atoms with E-state index in [2.05, 4.69) is 138 Å². The Balaban J connectivity index is 0.000000206. The quantitative estimate of drug-likeness (QED) is 0.179. The molecule has 4 fully saturated rings. The van der Waals surface area contributed by atoms with Crippen LogP contribution in [-0.4, -0.2) is 39.0 Å². The van der Waals surface area contributed by atoms with Crippen molar-refractivity contribution in [2.24, 2.45) is 0 Å². The van der Waals surface area contributed by atoms with Crippen molar-refractivity contribution in [3.63, 3.8) is 0 Å². The standard InChI is InChI=1S/C21H26N2.C18H33P.C7H6.2BrH.Ru/c1-14-9-16(3)20(17(4)10-14)22-7-8-23(13-22)21-18(5)11-15(2)12-19(21)6;1-4-10-16(11-5-1)19(17-12-6-2-7-13-17)18-14-8-3-9-15-18;1-7-5-3-2-4-6-7;;;/h9-12H,7-8H2,1-6H3;16-18H,1-15H2;1-6H;2*1H;/q;;;;;+2/p-1. The molecular formula is C46H66Br2N2PRu+. The number of benzene rings is 3. The van der Waals surface area contributed by atoms with E-state index in [0.29, 0.717) is 0 Å². The van der Waals surface area contributed by atoms with E-state index in [4.69, 9.17) is 0 Å². The molecule has 3 saturated carbocycles. The first-order valence-electron chi connectivity index (χ1n) is 20.5. The summed E-state index contributed by atoms with van der Waals surface area (Å²) in [6, 6.07) is 19.9. The van der Waals surface area contributed by atoms with Crippen LogP contribution < -0.4 is 9.80 Å². The zero-order valence-corrected chi connectivity index (χ0v) is 38.9. The van der Waals surface area contributed by atoms with E-state index in [-0.39, 0.29) is 7.92 Å². The molecule has 4 aliphatic rings. The normalized spacial score (nSPS) is 19.9. The van der Waals surface area contributed by atoms with Crippen molar-refractivity contribution in [2.75, 3.05) is 22.9 Å². The van der Waals surface area contributed by atoms with Crippen LogP contribution in [0.25, 0.3) is 0 Å². The van der Waals surface area contributed by atoms with Gasteiger partial charge in [0.15, 0.2) is 0 Å². The first-order chi connectivity index (χ1) is 25.0. The van der Waals surface area contributed by atoms with E-state index in [9.17, 15) is 0 Å². The fourth-order valence-corrected chi connectivity index (χ4v) is 24.7. The summed E-state index contributed by atoms with van der Waals surface area (Å²) in [5.74, 6) is 0. The Hall–Kier alpha value is -0.987. The SMILES string of the molecule is C1CCC([PH+](C2CCCCC2)C2CCCCC2)CC1.Cc1cc(C)c(N2CCN(c3c(C)cc(C)cc3C)[C]2=[Ru]([Br])([Br])=[CH]c2ccccc2)c(C)c1. The molecule has 3 aliphatic carbocycles. The number of nitrogens with zero attached hydrogens (tertiary/aromatic N) is 2. The third-order valence-electron chi connectivity index (χ3n) is 12.3. The summed E-state index contributed by atoms with van der Waals surface area (Å²) in [5, 5.41) is 0. The molecule has 0 aromatic heterocycles. The zero-order chi connectivity index (χ0) is 36.8. The van der Waals surface area contributed by atoms with Crippen LogP contribution in [0.4, 0.5) is 11.4 Å². The van der Waals surface area contributed by atoms with Crippen molar-refractivity contribution in [1.82, 2.24) is 0 Å². The van der Waals surface area contributed by atoms with Gasteiger partial charge in [-0.25, -0.2) is 0 Å². The molecule has 1 saturated heterocycles. The molecule has 0 amide bonds. The third kappa shape index (κ3) is 9.87. The van der Waals surface area contributed by atoms with Gasteiger partial charge in [-0.2, -0.15) is 0 Å². The fraction of sp³-hybridized carbons (Fsp3) is 0.565. The van der Waals surface area contributed by atoms with Gasteiger partial charge in [-0.3, -0.25) is 0 Å². The predicted octanol–water partition coefficient (Wildman–Crippen LogP) is 13.8. The molecule has 0 atom stereocenters. The Morgan fingerprint density at radius 3 is 1.23 bits per heavy atom. The van der Waals surface area contributed by atoms with Gasteiger partial charge in [0.25, 0.3) is 0 Å². The molecule has 3 aromatic carbocycles. The Morgan fingerprint density at radius 1 is 0.538 bits per heavy atom. The number of hydrogen-bond acceptors (Lipinski definition) is 2. The Bertz CT molecular complexity index is 1610. The molecule has 0 radical (unpaired) electrons. The number of rotatable bonds is 6. The molecule has 1 heterocycles. The van der Waals surface area contributed by atoms with Gasteiger partial charge in [-0.15, -0.1) is 0 Å². The summed E-state index contributed by atoms with van der Waals surface area (Å²) in [5.41, 5.74) is 15.6. The molecular weight excluding hydrogens is 872 g/mol. The molecule has 1 aliphatic heterocycles. The van der Waals surface area contributed by atoms with Gasteiger partial charge in [0.1, 0.15) is 0 Å². The molecule has 2 nitrogen and oxygen atoms in total. The first-order valence-corrected chi connectivity index (χ1v) is 32.1. The summed E-state index contributed by atoms with van der Waals surface area (Å²) in [6.07, 6.45) is 23.8. The zero-order valence-electron chi connectivity index (χ0n) is 33.0. The Kier molecular flexibility index (Phi) is 14.7. The number of anilines is 2. The van der Waals surface area contributed by atoms with E-state index >= 15 is 0 Å². The second-order valence-corrected chi connectivity index (χ2v) is 38.3. The average Bonchev–Trinajstić information content (AvgIpc) is 3.54. The van der Waals surface area contributed by atoms with Crippen molar-refractivity contribution in [3.05, 3.63) is 93.5 Å². The van der Waals surface area contributed by atoms with Gasteiger partial charge in [-0.05, 0) is 77.0 Å². The van der Waals surface area contributed by atoms with Crippen LogP contribution in [0.1, 0.15) is 135 Å². The van der Waals surface area contributed by atoms with E-state index in [1.165, 1.54) is 71.7 Å². The van der Waals surface area contributed by atoms with Crippen LogP contribution in [0.15, 0.2) is 54.6 Å². The van der Waals surface area contributed by atoms with Gasteiger partial charge in [0, 0.05) is 7.92 Å². The van der Waals surface area contributed by atoms with E-state index in [1.54, 1.807) is 96.3 Å². The second-order valence-electron chi connectivity index (χ2n) is 16.5. The van der Waals surface area contributed by atoms with Crippen LogP contribution in [0.5, 0.6) is 0 Å². The van der Waals surface area contributed by atoms with Crippen molar-refractivity contribution in [1.29, 1.82) is 0 Å². The van der Waals surface area contributed by atoms with Crippen molar-refractivity contribution >= 4 is 55.5 Å². The van der Waals surface area contributed by atoms with Crippen molar-refractivity contribution < 1.29 is 9.95 Å². The topological polar surface area (TPSA) is 6.48 Å². The van der Waals surface area contributed by atoms with Crippen LogP contribution >= 0.6 is 35.2 Å². The van der Waals surface area contributed by atoms with Crippen LogP contribution in [0, 0.1) is 41.5 Å². The van der Waals surface area contributed by atoms with Gasteiger partial charge in [0.2, 0.25) is 0 Å². The maximum atomic E-state index is 4.26. The van der Waals surface area contributed by atoms with Crippen LogP contribution in [0.3, 0.4) is 0 Å². The summed E-state index contributed by atoms with van der Waals surface area (Å²) < 4.78 is 3.79. The van der Waals surface area contributed by atoms with Gasteiger partial charge in [-0.1, -0.05) is 19.3 Å². The summed E-state index contributed by atoms with van der Waals surface area (Å²) in [7, 11) is -2.81.